The monoisotopic (exact) mass is 215 g/mol. The average molecular weight is 215 g/mol. The molecule has 0 saturated carbocycles. The summed E-state index contributed by atoms with van der Waals surface area (Å²) in [6, 6.07) is 0. The van der Waals surface area contributed by atoms with E-state index in [4.69, 9.17) is 0 Å². The van der Waals surface area contributed by atoms with Crippen molar-refractivity contribution in [1.29, 1.82) is 0 Å². The van der Waals surface area contributed by atoms with E-state index in [-0.39, 0.29) is 32.3 Å². The smallest absolute Gasteiger partial charge is 0.347 e. The summed E-state index contributed by atoms with van der Waals surface area (Å²) in [7, 11) is 0. The van der Waals surface area contributed by atoms with Crippen LogP contribution in [0.1, 0.15) is 12.8 Å². The highest BCUT2D eigenvalue weighted by Gasteiger charge is 2.41. The van der Waals surface area contributed by atoms with Gasteiger partial charge in [0.15, 0.2) is 0 Å². The summed E-state index contributed by atoms with van der Waals surface area (Å²) in [6.45, 7) is -0.174. The maximum absolute atomic E-state index is 12.6. The zero-order chi connectivity index (χ0) is 10.8. The first kappa shape index (κ1) is 11.3. The first-order valence-corrected chi connectivity index (χ1v) is 4.22. The lowest BCUT2D eigenvalue weighted by Gasteiger charge is -2.32. The second-order valence-electron chi connectivity index (χ2n) is 3.23. The molecule has 0 N–H and O–H groups in total. The third-order valence-corrected chi connectivity index (χ3v) is 2.35. The standard InChI is InChI=1S/C8H10F5N/c9-5-7(10)14-3-1-6(2-4-14)8(11,12)13/h5-6H,1-4H2/b7-5-. The van der Waals surface area contributed by atoms with E-state index in [0.29, 0.717) is 0 Å². The molecule has 1 aliphatic heterocycles. The Bertz CT molecular complexity index is 214. The van der Waals surface area contributed by atoms with Gasteiger partial charge in [0.1, 0.15) is 6.33 Å². The molecule has 6 heteroatoms. The zero-order valence-electron chi connectivity index (χ0n) is 7.32. The molecule has 0 aromatic carbocycles. The van der Waals surface area contributed by atoms with E-state index in [1.807, 2.05) is 0 Å². The van der Waals surface area contributed by atoms with Gasteiger partial charge in [-0.05, 0) is 12.8 Å². The molecule has 0 spiro atoms. The van der Waals surface area contributed by atoms with Crippen molar-refractivity contribution in [2.75, 3.05) is 13.1 Å². The quantitative estimate of drug-likeness (QED) is 0.480. The Hall–Kier alpha value is -0.810. The van der Waals surface area contributed by atoms with Crippen molar-refractivity contribution in [2.24, 2.45) is 5.92 Å². The van der Waals surface area contributed by atoms with E-state index in [2.05, 4.69) is 0 Å². The van der Waals surface area contributed by atoms with E-state index in [0.717, 1.165) is 4.90 Å². The van der Waals surface area contributed by atoms with Gasteiger partial charge in [0, 0.05) is 13.1 Å². The van der Waals surface area contributed by atoms with Crippen LogP contribution >= 0.6 is 0 Å². The number of halogens is 5. The molecule has 0 unspecified atom stereocenters. The molecule has 0 amide bonds. The molecule has 14 heavy (non-hydrogen) atoms. The number of hydrogen-bond donors (Lipinski definition) is 0. The second-order valence-corrected chi connectivity index (χ2v) is 3.23. The third kappa shape index (κ3) is 2.59. The Morgan fingerprint density at radius 1 is 1.21 bits per heavy atom. The first-order valence-electron chi connectivity index (χ1n) is 4.22. The summed E-state index contributed by atoms with van der Waals surface area (Å²) in [5.41, 5.74) is 0. The summed E-state index contributed by atoms with van der Waals surface area (Å²) in [5.74, 6) is -2.48. The topological polar surface area (TPSA) is 3.24 Å². The van der Waals surface area contributed by atoms with Gasteiger partial charge in [-0.3, -0.25) is 0 Å². The minimum Gasteiger partial charge on any atom is -0.347 e. The van der Waals surface area contributed by atoms with Crippen LogP contribution in [0.2, 0.25) is 0 Å². The van der Waals surface area contributed by atoms with Crippen LogP contribution in [0, 0.1) is 5.92 Å². The lowest BCUT2D eigenvalue weighted by molar-refractivity contribution is -0.184. The minimum absolute atomic E-state index is 0.0869. The van der Waals surface area contributed by atoms with E-state index in [9.17, 15) is 22.0 Å². The van der Waals surface area contributed by atoms with Gasteiger partial charge in [0.05, 0.1) is 5.92 Å². The van der Waals surface area contributed by atoms with E-state index in [1.54, 1.807) is 0 Å². The number of nitrogens with zero attached hydrogens (tertiary/aromatic N) is 1. The molecule has 1 aliphatic rings. The molecule has 1 heterocycles. The largest absolute Gasteiger partial charge is 0.391 e. The molecule has 1 fully saturated rings. The van der Waals surface area contributed by atoms with Crippen LogP contribution in [-0.2, 0) is 0 Å². The normalized spacial score (nSPS) is 21.5. The summed E-state index contributed by atoms with van der Waals surface area (Å²) >= 11 is 0. The number of hydrogen-bond acceptors (Lipinski definition) is 1. The predicted octanol–water partition coefficient (Wildman–Crippen LogP) is 3.00. The van der Waals surface area contributed by atoms with Crippen molar-refractivity contribution in [3.05, 3.63) is 12.3 Å². The fourth-order valence-corrected chi connectivity index (χ4v) is 1.49. The van der Waals surface area contributed by atoms with Crippen molar-refractivity contribution >= 4 is 0 Å². The number of likely N-dealkylation sites (tertiary alicyclic amines) is 1. The zero-order valence-corrected chi connectivity index (χ0v) is 7.32. The van der Waals surface area contributed by atoms with Crippen molar-refractivity contribution in [2.45, 2.75) is 19.0 Å². The Morgan fingerprint density at radius 3 is 2.07 bits per heavy atom. The van der Waals surface area contributed by atoms with E-state index >= 15 is 0 Å². The van der Waals surface area contributed by atoms with Crippen LogP contribution in [0.4, 0.5) is 22.0 Å². The summed E-state index contributed by atoms with van der Waals surface area (Å²) in [6.07, 6.45) is -4.80. The van der Waals surface area contributed by atoms with Crippen LogP contribution in [0.15, 0.2) is 12.3 Å². The fourth-order valence-electron chi connectivity index (χ4n) is 1.49. The van der Waals surface area contributed by atoms with Gasteiger partial charge in [0.2, 0.25) is 5.95 Å². The molecule has 0 aromatic rings. The highest BCUT2D eigenvalue weighted by molar-refractivity contribution is 4.89. The Labute approximate surface area is 78.2 Å². The number of alkyl halides is 3. The fraction of sp³-hybridized carbons (Fsp3) is 0.750. The van der Waals surface area contributed by atoms with Gasteiger partial charge < -0.3 is 4.90 Å². The molecule has 0 atom stereocenters. The van der Waals surface area contributed by atoms with Gasteiger partial charge in [-0.25, -0.2) is 4.39 Å². The lowest BCUT2D eigenvalue weighted by atomic mass is 9.96. The van der Waals surface area contributed by atoms with Crippen molar-refractivity contribution in [3.8, 4) is 0 Å². The Kier molecular flexibility index (Phi) is 3.34. The Balaban J connectivity index is 2.47. The highest BCUT2D eigenvalue weighted by Crippen LogP contribution is 2.34. The summed E-state index contributed by atoms with van der Waals surface area (Å²) in [5, 5.41) is 0. The van der Waals surface area contributed by atoms with Gasteiger partial charge in [-0.1, -0.05) is 0 Å². The molecule has 1 nitrogen and oxygen atoms in total. The van der Waals surface area contributed by atoms with Crippen LogP contribution in [0.25, 0.3) is 0 Å². The summed E-state index contributed by atoms with van der Waals surface area (Å²) in [4.78, 5) is 0.974. The third-order valence-electron chi connectivity index (χ3n) is 2.35. The van der Waals surface area contributed by atoms with Crippen molar-refractivity contribution < 1.29 is 22.0 Å². The first-order chi connectivity index (χ1) is 6.45. The molecule has 0 radical (unpaired) electrons. The van der Waals surface area contributed by atoms with E-state index in [1.165, 1.54) is 0 Å². The van der Waals surface area contributed by atoms with Gasteiger partial charge >= 0.3 is 6.18 Å². The minimum atomic E-state index is -4.22. The van der Waals surface area contributed by atoms with Crippen LogP contribution < -0.4 is 0 Å². The summed E-state index contributed by atoms with van der Waals surface area (Å²) < 4.78 is 60.7. The lowest BCUT2D eigenvalue weighted by Crippen LogP contribution is -2.37. The maximum atomic E-state index is 12.6. The van der Waals surface area contributed by atoms with Crippen molar-refractivity contribution in [1.82, 2.24) is 4.90 Å². The van der Waals surface area contributed by atoms with Crippen LogP contribution in [-0.4, -0.2) is 24.2 Å². The van der Waals surface area contributed by atoms with Crippen LogP contribution in [0.5, 0.6) is 0 Å². The SMILES string of the molecule is F/C=C(/F)N1CCC(C(F)(F)F)CC1. The molecular formula is C8H10F5N. The van der Waals surface area contributed by atoms with E-state index < -0.39 is 18.0 Å². The molecule has 0 aromatic heterocycles. The Morgan fingerprint density at radius 2 is 1.71 bits per heavy atom. The van der Waals surface area contributed by atoms with Crippen molar-refractivity contribution in [3.63, 3.8) is 0 Å². The molecule has 1 rings (SSSR count). The predicted molar refractivity (Wildman–Crippen MR) is 40.7 cm³/mol. The molecule has 0 bridgehead atoms. The molecule has 1 saturated heterocycles. The number of piperidine rings is 1. The number of rotatable bonds is 1. The van der Waals surface area contributed by atoms with Crippen LogP contribution in [0.3, 0.4) is 0 Å². The molecular weight excluding hydrogens is 205 g/mol. The molecule has 82 valence electrons. The highest BCUT2D eigenvalue weighted by atomic mass is 19.4. The van der Waals surface area contributed by atoms with Gasteiger partial charge in [-0.2, -0.15) is 17.6 Å². The molecule has 0 aliphatic carbocycles. The second kappa shape index (κ2) is 4.14. The average Bonchev–Trinajstić information content (AvgIpc) is 2.15. The maximum Gasteiger partial charge on any atom is 0.391 e. The van der Waals surface area contributed by atoms with Gasteiger partial charge in [-0.15, -0.1) is 0 Å². The van der Waals surface area contributed by atoms with Gasteiger partial charge in [0.25, 0.3) is 0 Å².